The Hall–Kier alpha value is -3.75. The SMILES string of the molecule is Cc1ccc(NC(=O)CN2C(=O)NC(C)(c3cccc([N+](=O)[O-])c3)C2=O)c(C)c1. The van der Waals surface area contributed by atoms with E-state index in [1.165, 1.54) is 31.2 Å². The maximum Gasteiger partial charge on any atom is 0.325 e. The zero-order chi connectivity index (χ0) is 21.3. The Labute approximate surface area is 166 Å². The van der Waals surface area contributed by atoms with E-state index in [2.05, 4.69) is 10.6 Å². The third-order valence-corrected chi connectivity index (χ3v) is 4.87. The number of amides is 4. The fraction of sp³-hybridized carbons (Fsp3) is 0.250. The van der Waals surface area contributed by atoms with Crippen LogP contribution in [0.3, 0.4) is 0 Å². The van der Waals surface area contributed by atoms with E-state index in [0.29, 0.717) is 5.69 Å². The average Bonchev–Trinajstić information content (AvgIpc) is 2.88. The summed E-state index contributed by atoms with van der Waals surface area (Å²) in [7, 11) is 0. The Kier molecular flexibility index (Phi) is 5.06. The molecule has 0 radical (unpaired) electrons. The van der Waals surface area contributed by atoms with Gasteiger partial charge in [-0.15, -0.1) is 0 Å². The van der Waals surface area contributed by atoms with Crippen molar-refractivity contribution in [1.82, 2.24) is 10.2 Å². The number of rotatable bonds is 5. The van der Waals surface area contributed by atoms with Gasteiger partial charge in [0.25, 0.3) is 11.6 Å². The second-order valence-corrected chi connectivity index (χ2v) is 7.12. The molecule has 150 valence electrons. The molecule has 1 aliphatic heterocycles. The maximum absolute atomic E-state index is 12.9. The molecule has 1 atom stereocenters. The Morgan fingerprint density at radius 2 is 1.93 bits per heavy atom. The van der Waals surface area contributed by atoms with Gasteiger partial charge in [-0.3, -0.25) is 24.6 Å². The standard InChI is InChI=1S/C20H20N4O5/c1-12-7-8-16(13(2)9-12)21-17(25)11-23-18(26)20(3,22-19(23)27)14-5-4-6-15(10-14)24(28)29/h4-10H,11H2,1-3H3,(H,21,25)(H,22,27). The molecular weight excluding hydrogens is 376 g/mol. The van der Waals surface area contributed by atoms with Gasteiger partial charge in [0.15, 0.2) is 0 Å². The number of urea groups is 1. The second-order valence-electron chi connectivity index (χ2n) is 7.12. The number of nitrogens with zero attached hydrogens (tertiary/aromatic N) is 2. The van der Waals surface area contributed by atoms with Crippen molar-refractivity contribution in [3.8, 4) is 0 Å². The van der Waals surface area contributed by atoms with Crippen LogP contribution in [0.25, 0.3) is 0 Å². The summed E-state index contributed by atoms with van der Waals surface area (Å²) < 4.78 is 0. The molecule has 29 heavy (non-hydrogen) atoms. The minimum atomic E-state index is -1.50. The van der Waals surface area contributed by atoms with Gasteiger partial charge in [0.2, 0.25) is 5.91 Å². The molecule has 9 heteroatoms. The van der Waals surface area contributed by atoms with Crippen LogP contribution in [0.15, 0.2) is 42.5 Å². The van der Waals surface area contributed by atoms with Crippen molar-refractivity contribution >= 4 is 29.2 Å². The van der Waals surface area contributed by atoms with Crippen LogP contribution in [0.1, 0.15) is 23.6 Å². The van der Waals surface area contributed by atoms with Crippen LogP contribution in [0, 0.1) is 24.0 Å². The largest absolute Gasteiger partial charge is 0.325 e. The number of nitro groups is 1. The molecule has 0 aliphatic carbocycles. The molecule has 2 aromatic carbocycles. The van der Waals surface area contributed by atoms with Gasteiger partial charge in [-0.25, -0.2) is 4.79 Å². The number of non-ortho nitro benzene ring substituents is 1. The summed E-state index contributed by atoms with van der Waals surface area (Å²) in [5, 5.41) is 16.3. The molecule has 0 spiro atoms. The van der Waals surface area contributed by atoms with Crippen LogP contribution in [-0.4, -0.2) is 34.2 Å². The molecule has 1 unspecified atom stereocenters. The summed E-state index contributed by atoms with van der Waals surface area (Å²) >= 11 is 0. The lowest BCUT2D eigenvalue weighted by Crippen LogP contribution is -2.42. The lowest BCUT2D eigenvalue weighted by Gasteiger charge is -2.22. The predicted molar refractivity (Wildman–Crippen MR) is 105 cm³/mol. The molecule has 0 aromatic heterocycles. The first-order valence-electron chi connectivity index (χ1n) is 8.88. The van der Waals surface area contributed by atoms with Crippen molar-refractivity contribution in [2.24, 2.45) is 0 Å². The molecule has 3 rings (SSSR count). The summed E-state index contributed by atoms with van der Waals surface area (Å²) in [6, 6.07) is 10.2. The summed E-state index contributed by atoms with van der Waals surface area (Å²) in [6.07, 6.45) is 0. The van der Waals surface area contributed by atoms with E-state index in [1.54, 1.807) is 6.07 Å². The lowest BCUT2D eigenvalue weighted by molar-refractivity contribution is -0.385. The summed E-state index contributed by atoms with van der Waals surface area (Å²) in [4.78, 5) is 48.9. The Morgan fingerprint density at radius 3 is 2.59 bits per heavy atom. The zero-order valence-corrected chi connectivity index (χ0v) is 16.2. The van der Waals surface area contributed by atoms with Crippen molar-refractivity contribution in [2.75, 3.05) is 11.9 Å². The number of aryl methyl sites for hydroxylation is 2. The number of nitrogens with one attached hydrogen (secondary N) is 2. The first-order valence-corrected chi connectivity index (χ1v) is 8.88. The molecule has 4 amide bonds. The Morgan fingerprint density at radius 1 is 1.21 bits per heavy atom. The minimum absolute atomic E-state index is 0.197. The van der Waals surface area contributed by atoms with E-state index in [-0.39, 0.29) is 11.3 Å². The normalized spacial score (nSPS) is 18.5. The van der Waals surface area contributed by atoms with Gasteiger partial charge in [-0.05, 0) is 38.0 Å². The van der Waals surface area contributed by atoms with Gasteiger partial charge < -0.3 is 10.6 Å². The fourth-order valence-electron chi connectivity index (χ4n) is 3.25. The highest BCUT2D eigenvalue weighted by Crippen LogP contribution is 2.30. The van der Waals surface area contributed by atoms with Gasteiger partial charge in [0.1, 0.15) is 12.1 Å². The number of imide groups is 1. The molecule has 2 N–H and O–H groups in total. The van der Waals surface area contributed by atoms with Crippen molar-refractivity contribution in [2.45, 2.75) is 26.3 Å². The van der Waals surface area contributed by atoms with Gasteiger partial charge in [-0.2, -0.15) is 0 Å². The molecule has 1 saturated heterocycles. The van der Waals surface area contributed by atoms with Gasteiger partial charge in [0, 0.05) is 17.8 Å². The topological polar surface area (TPSA) is 122 Å². The monoisotopic (exact) mass is 396 g/mol. The van der Waals surface area contributed by atoms with Gasteiger partial charge in [0.05, 0.1) is 4.92 Å². The van der Waals surface area contributed by atoms with E-state index in [0.717, 1.165) is 16.0 Å². The zero-order valence-electron chi connectivity index (χ0n) is 16.2. The highest BCUT2D eigenvalue weighted by atomic mass is 16.6. The molecule has 0 bridgehead atoms. The van der Waals surface area contributed by atoms with E-state index in [4.69, 9.17) is 0 Å². The molecule has 9 nitrogen and oxygen atoms in total. The highest BCUT2D eigenvalue weighted by Gasteiger charge is 2.49. The molecule has 1 heterocycles. The fourth-order valence-corrected chi connectivity index (χ4v) is 3.25. The number of hydrogen-bond donors (Lipinski definition) is 2. The van der Waals surface area contributed by atoms with Crippen LogP contribution < -0.4 is 10.6 Å². The van der Waals surface area contributed by atoms with E-state index < -0.39 is 34.9 Å². The number of benzene rings is 2. The molecule has 1 aliphatic rings. The lowest BCUT2D eigenvalue weighted by atomic mass is 9.91. The van der Waals surface area contributed by atoms with E-state index in [9.17, 15) is 24.5 Å². The molecule has 0 saturated carbocycles. The summed E-state index contributed by atoms with van der Waals surface area (Å²) in [5.74, 6) is -1.18. The number of carbonyl (C=O) groups is 3. The van der Waals surface area contributed by atoms with Crippen molar-refractivity contribution in [3.63, 3.8) is 0 Å². The predicted octanol–water partition coefficient (Wildman–Crippen LogP) is 2.62. The molecular formula is C20H20N4O5. The van der Waals surface area contributed by atoms with Crippen LogP contribution in [-0.2, 0) is 15.1 Å². The van der Waals surface area contributed by atoms with E-state index in [1.807, 2.05) is 26.0 Å². The second kappa shape index (κ2) is 7.34. The van der Waals surface area contributed by atoms with Crippen LogP contribution in [0.5, 0.6) is 0 Å². The van der Waals surface area contributed by atoms with Gasteiger partial charge in [-0.1, -0.05) is 29.8 Å². The quantitative estimate of drug-likeness (QED) is 0.457. The summed E-state index contributed by atoms with van der Waals surface area (Å²) in [5.41, 5.74) is 1.07. The first kappa shape index (κ1) is 20.0. The van der Waals surface area contributed by atoms with Crippen LogP contribution >= 0.6 is 0 Å². The Bertz CT molecular complexity index is 1040. The smallest absolute Gasteiger partial charge is 0.324 e. The third-order valence-electron chi connectivity index (χ3n) is 4.87. The minimum Gasteiger partial charge on any atom is -0.324 e. The number of nitro benzene ring substituents is 1. The van der Waals surface area contributed by atoms with E-state index >= 15 is 0 Å². The average molecular weight is 396 g/mol. The van der Waals surface area contributed by atoms with Crippen molar-refractivity contribution in [3.05, 3.63) is 69.3 Å². The number of anilines is 1. The first-order chi connectivity index (χ1) is 13.6. The van der Waals surface area contributed by atoms with Crippen molar-refractivity contribution in [1.29, 1.82) is 0 Å². The maximum atomic E-state index is 12.9. The Balaban J connectivity index is 1.79. The number of carbonyl (C=O) groups excluding carboxylic acids is 3. The van der Waals surface area contributed by atoms with Crippen LogP contribution in [0.2, 0.25) is 0 Å². The van der Waals surface area contributed by atoms with Crippen molar-refractivity contribution < 1.29 is 19.3 Å². The summed E-state index contributed by atoms with van der Waals surface area (Å²) in [6.45, 7) is 4.76. The molecule has 2 aromatic rings. The van der Waals surface area contributed by atoms with Gasteiger partial charge >= 0.3 is 6.03 Å². The van der Waals surface area contributed by atoms with Crippen LogP contribution in [0.4, 0.5) is 16.2 Å². The third kappa shape index (κ3) is 3.79. The molecule has 1 fully saturated rings. The number of hydrogen-bond acceptors (Lipinski definition) is 5. The highest BCUT2D eigenvalue weighted by molar-refractivity contribution is 6.10.